The second-order valence-corrected chi connectivity index (χ2v) is 5.88. The lowest BCUT2D eigenvalue weighted by Crippen LogP contribution is -2.30. The SMILES string of the molecule is CC(C)CNC(=O)c1cc(=O)c(OCc2ccccc2)cn1C. The maximum Gasteiger partial charge on any atom is 0.268 e. The van der Waals surface area contributed by atoms with Gasteiger partial charge in [-0.1, -0.05) is 44.2 Å². The van der Waals surface area contributed by atoms with Gasteiger partial charge in [0, 0.05) is 19.7 Å². The molecule has 1 aromatic heterocycles. The summed E-state index contributed by atoms with van der Waals surface area (Å²) in [7, 11) is 1.72. The molecule has 2 rings (SSSR count). The van der Waals surface area contributed by atoms with Crippen molar-refractivity contribution in [2.45, 2.75) is 20.5 Å². The maximum atomic E-state index is 12.1. The van der Waals surface area contributed by atoms with Crippen LogP contribution in [0.15, 0.2) is 47.4 Å². The van der Waals surface area contributed by atoms with Crippen LogP contribution in [0.1, 0.15) is 29.9 Å². The predicted molar refractivity (Wildman–Crippen MR) is 89.6 cm³/mol. The number of hydrogen-bond acceptors (Lipinski definition) is 3. The normalized spacial score (nSPS) is 10.6. The lowest BCUT2D eigenvalue weighted by Gasteiger charge is -2.13. The number of ether oxygens (including phenoxy) is 1. The largest absolute Gasteiger partial charge is 0.483 e. The lowest BCUT2D eigenvalue weighted by atomic mass is 10.2. The molecule has 0 fully saturated rings. The van der Waals surface area contributed by atoms with Gasteiger partial charge in [-0.2, -0.15) is 0 Å². The zero-order valence-corrected chi connectivity index (χ0v) is 13.7. The number of nitrogens with zero attached hydrogens (tertiary/aromatic N) is 1. The molecule has 0 aliphatic heterocycles. The molecule has 0 aliphatic carbocycles. The zero-order valence-electron chi connectivity index (χ0n) is 13.7. The molecule has 0 saturated heterocycles. The Hall–Kier alpha value is -2.56. The van der Waals surface area contributed by atoms with Crippen molar-refractivity contribution < 1.29 is 9.53 Å². The highest BCUT2D eigenvalue weighted by atomic mass is 16.5. The van der Waals surface area contributed by atoms with Crippen LogP contribution >= 0.6 is 0 Å². The Morgan fingerprint density at radius 2 is 1.96 bits per heavy atom. The number of carbonyl (C=O) groups excluding carboxylic acids is 1. The van der Waals surface area contributed by atoms with Crippen LogP contribution in [0.2, 0.25) is 0 Å². The average molecular weight is 314 g/mol. The molecule has 0 spiro atoms. The molecule has 1 amide bonds. The number of aryl methyl sites for hydroxylation is 1. The van der Waals surface area contributed by atoms with Crippen molar-refractivity contribution in [1.82, 2.24) is 9.88 Å². The highest BCUT2D eigenvalue weighted by Crippen LogP contribution is 2.09. The molecule has 122 valence electrons. The van der Waals surface area contributed by atoms with Gasteiger partial charge in [0.1, 0.15) is 12.3 Å². The maximum absolute atomic E-state index is 12.1. The number of carbonyl (C=O) groups is 1. The van der Waals surface area contributed by atoms with Crippen LogP contribution in [-0.2, 0) is 13.7 Å². The lowest BCUT2D eigenvalue weighted by molar-refractivity contribution is 0.0939. The summed E-state index contributed by atoms with van der Waals surface area (Å²) in [6.45, 7) is 4.91. The predicted octanol–water partition coefficient (Wildman–Crippen LogP) is 2.35. The molecule has 0 aliphatic rings. The van der Waals surface area contributed by atoms with Crippen molar-refractivity contribution in [2.75, 3.05) is 6.54 Å². The van der Waals surface area contributed by atoms with Crippen molar-refractivity contribution >= 4 is 5.91 Å². The van der Waals surface area contributed by atoms with Gasteiger partial charge in [-0.25, -0.2) is 0 Å². The monoisotopic (exact) mass is 314 g/mol. The molecule has 5 heteroatoms. The van der Waals surface area contributed by atoms with Crippen molar-refractivity contribution in [3.8, 4) is 5.75 Å². The van der Waals surface area contributed by atoms with Gasteiger partial charge in [-0.05, 0) is 11.5 Å². The molecule has 5 nitrogen and oxygen atoms in total. The van der Waals surface area contributed by atoms with E-state index in [0.717, 1.165) is 5.56 Å². The third-order valence-corrected chi connectivity index (χ3v) is 3.34. The minimum atomic E-state index is -0.297. The van der Waals surface area contributed by atoms with Crippen molar-refractivity contribution in [1.29, 1.82) is 0 Å². The molecule has 0 bridgehead atoms. The fourth-order valence-electron chi connectivity index (χ4n) is 2.06. The van der Waals surface area contributed by atoms with Gasteiger partial charge in [-0.15, -0.1) is 0 Å². The Kier molecular flexibility index (Phi) is 5.57. The van der Waals surface area contributed by atoms with E-state index in [1.54, 1.807) is 17.8 Å². The fraction of sp³-hybridized carbons (Fsp3) is 0.333. The minimum absolute atomic E-state index is 0.233. The van der Waals surface area contributed by atoms with Gasteiger partial charge in [0.05, 0.1) is 6.20 Å². The van der Waals surface area contributed by atoms with Gasteiger partial charge in [0.15, 0.2) is 5.75 Å². The average Bonchev–Trinajstić information content (AvgIpc) is 2.54. The summed E-state index contributed by atoms with van der Waals surface area (Å²) in [4.78, 5) is 24.2. The van der Waals surface area contributed by atoms with Crippen LogP contribution in [0.3, 0.4) is 0 Å². The summed E-state index contributed by atoms with van der Waals surface area (Å²) in [6.07, 6.45) is 1.55. The summed E-state index contributed by atoms with van der Waals surface area (Å²) in [5.74, 6) is 0.328. The summed E-state index contributed by atoms with van der Waals surface area (Å²) in [5.41, 5.74) is 1.00. The number of hydrogen-bond donors (Lipinski definition) is 1. The molecule has 0 atom stereocenters. The van der Waals surface area contributed by atoms with Crippen LogP contribution in [0, 0.1) is 5.92 Å². The molecular formula is C18H22N2O3. The fourth-order valence-corrected chi connectivity index (χ4v) is 2.06. The number of amides is 1. The molecule has 0 saturated carbocycles. The topological polar surface area (TPSA) is 60.3 Å². The number of aromatic nitrogens is 1. The minimum Gasteiger partial charge on any atom is -0.483 e. The van der Waals surface area contributed by atoms with Crippen LogP contribution < -0.4 is 15.5 Å². The van der Waals surface area contributed by atoms with Crippen LogP contribution in [-0.4, -0.2) is 17.0 Å². The highest BCUT2D eigenvalue weighted by Gasteiger charge is 2.13. The van der Waals surface area contributed by atoms with E-state index in [1.165, 1.54) is 6.07 Å². The van der Waals surface area contributed by atoms with E-state index in [4.69, 9.17) is 4.74 Å². The van der Waals surface area contributed by atoms with Gasteiger partial charge in [0.2, 0.25) is 5.43 Å². The van der Waals surface area contributed by atoms with Gasteiger partial charge in [0.25, 0.3) is 5.91 Å². The molecule has 0 radical (unpaired) electrons. The Balaban J connectivity index is 2.10. The van der Waals surface area contributed by atoms with E-state index < -0.39 is 0 Å². The third-order valence-electron chi connectivity index (χ3n) is 3.34. The van der Waals surface area contributed by atoms with Gasteiger partial charge in [-0.3, -0.25) is 9.59 Å². The first-order chi connectivity index (χ1) is 11.0. The molecule has 0 unspecified atom stereocenters. The number of nitrogens with one attached hydrogen (secondary N) is 1. The van der Waals surface area contributed by atoms with Crippen molar-refractivity contribution in [3.63, 3.8) is 0 Å². The molecule has 1 heterocycles. The molecule has 23 heavy (non-hydrogen) atoms. The molecule has 1 aromatic carbocycles. The number of rotatable bonds is 6. The first-order valence-corrected chi connectivity index (χ1v) is 7.63. The Labute approximate surface area is 135 Å². The van der Waals surface area contributed by atoms with E-state index >= 15 is 0 Å². The first-order valence-electron chi connectivity index (χ1n) is 7.63. The Morgan fingerprint density at radius 3 is 2.61 bits per heavy atom. The summed E-state index contributed by atoms with van der Waals surface area (Å²) in [6, 6.07) is 10.9. The van der Waals surface area contributed by atoms with Crippen molar-refractivity contribution in [3.05, 3.63) is 64.1 Å². The first kappa shape index (κ1) is 16.8. The van der Waals surface area contributed by atoms with Crippen LogP contribution in [0.25, 0.3) is 0 Å². The van der Waals surface area contributed by atoms with Crippen LogP contribution in [0.5, 0.6) is 5.75 Å². The van der Waals surface area contributed by atoms with Crippen LogP contribution in [0.4, 0.5) is 0 Å². The Morgan fingerprint density at radius 1 is 1.26 bits per heavy atom. The van der Waals surface area contributed by atoms with E-state index in [0.29, 0.717) is 24.8 Å². The third kappa shape index (κ3) is 4.71. The second-order valence-electron chi connectivity index (χ2n) is 5.88. The Bertz CT molecular complexity index is 721. The summed E-state index contributed by atoms with van der Waals surface area (Å²) in [5, 5.41) is 2.80. The molecular weight excluding hydrogens is 292 g/mol. The molecule has 1 N–H and O–H groups in total. The summed E-state index contributed by atoms with van der Waals surface area (Å²) < 4.78 is 7.18. The zero-order chi connectivity index (χ0) is 16.8. The number of benzene rings is 1. The standard InChI is InChI=1S/C18H22N2O3/c1-13(2)10-19-18(22)15-9-16(21)17(11-20(15)3)23-12-14-7-5-4-6-8-14/h4-9,11,13H,10,12H2,1-3H3,(H,19,22). The van der Waals surface area contributed by atoms with E-state index in [1.807, 2.05) is 44.2 Å². The smallest absolute Gasteiger partial charge is 0.268 e. The highest BCUT2D eigenvalue weighted by molar-refractivity contribution is 5.92. The number of pyridine rings is 1. The molecule has 2 aromatic rings. The van der Waals surface area contributed by atoms with Gasteiger partial charge >= 0.3 is 0 Å². The quantitative estimate of drug-likeness (QED) is 0.890. The van der Waals surface area contributed by atoms with E-state index in [9.17, 15) is 9.59 Å². The van der Waals surface area contributed by atoms with E-state index in [-0.39, 0.29) is 17.1 Å². The van der Waals surface area contributed by atoms with E-state index in [2.05, 4.69) is 5.32 Å². The van der Waals surface area contributed by atoms with Gasteiger partial charge < -0.3 is 14.6 Å². The second kappa shape index (κ2) is 7.63. The summed E-state index contributed by atoms with van der Waals surface area (Å²) >= 11 is 0. The van der Waals surface area contributed by atoms with Crippen molar-refractivity contribution in [2.24, 2.45) is 13.0 Å².